The summed E-state index contributed by atoms with van der Waals surface area (Å²) in [6.45, 7) is 2.67. The molecule has 0 bridgehead atoms. The van der Waals surface area contributed by atoms with Gasteiger partial charge in [0.05, 0.1) is 17.9 Å². The van der Waals surface area contributed by atoms with Gasteiger partial charge in [0.25, 0.3) is 5.91 Å². The Morgan fingerprint density at radius 2 is 2.26 bits per heavy atom. The summed E-state index contributed by atoms with van der Waals surface area (Å²) in [6, 6.07) is 0.208. The van der Waals surface area contributed by atoms with Gasteiger partial charge in [-0.05, 0) is 32.6 Å². The van der Waals surface area contributed by atoms with Crippen molar-refractivity contribution in [2.45, 2.75) is 51.2 Å². The Balaban J connectivity index is 1.80. The zero-order valence-electron chi connectivity index (χ0n) is 11.3. The number of hydrogen-bond donors (Lipinski definition) is 2. The molecule has 2 N–H and O–H groups in total. The van der Waals surface area contributed by atoms with Crippen LogP contribution < -0.4 is 0 Å². The molecule has 1 saturated carbocycles. The van der Waals surface area contributed by atoms with Crippen molar-refractivity contribution >= 4 is 5.91 Å². The van der Waals surface area contributed by atoms with Crippen LogP contribution in [0.4, 0.5) is 0 Å². The highest BCUT2D eigenvalue weighted by Crippen LogP contribution is 2.36. The molecule has 1 aliphatic carbocycles. The minimum Gasteiger partial charge on any atom is -0.393 e. The van der Waals surface area contributed by atoms with E-state index >= 15 is 0 Å². The van der Waals surface area contributed by atoms with E-state index in [9.17, 15) is 9.90 Å². The molecule has 1 saturated heterocycles. The lowest BCUT2D eigenvalue weighted by Gasteiger charge is -2.31. The van der Waals surface area contributed by atoms with Gasteiger partial charge in [0.1, 0.15) is 0 Å². The topological polar surface area (TPSA) is 69.2 Å². The predicted molar refractivity (Wildman–Crippen MR) is 70.7 cm³/mol. The smallest absolute Gasteiger partial charge is 0.257 e. The summed E-state index contributed by atoms with van der Waals surface area (Å²) in [5, 5.41) is 16.8. The molecule has 2 fully saturated rings. The van der Waals surface area contributed by atoms with Crippen LogP contribution in [-0.4, -0.2) is 44.8 Å². The maximum atomic E-state index is 12.6. The Morgan fingerprint density at radius 3 is 2.89 bits per heavy atom. The molecule has 5 nitrogen and oxygen atoms in total. The Hall–Kier alpha value is -1.36. The summed E-state index contributed by atoms with van der Waals surface area (Å²) in [6.07, 6.45) is 6.44. The van der Waals surface area contributed by atoms with E-state index in [2.05, 4.69) is 10.2 Å². The van der Waals surface area contributed by atoms with E-state index in [1.165, 1.54) is 0 Å². The molecule has 1 aromatic rings. The molecule has 2 heterocycles. The first-order valence-corrected chi connectivity index (χ1v) is 7.17. The molecular weight excluding hydrogens is 242 g/mol. The molecule has 3 unspecified atom stereocenters. The number of likely N-dealkylation sites (tertiary alicyclic amines) is 1. The fourth-order valence-corrected chi connectivity index (χ4v) is 3.63. The summed E-state index contributed by atoms with van der Waals surface area (Å²) in [4.78, 5) is 14.5. The predicted octanol–water partition coefficient (Wildman–Crippen LogP) is 1.48. The number of carbonyl (C=O) groups is 1. The fourth-order valence-electron chi connectivity index (χ4n) is 3.63. The first-order chi connectivity index (χ1) is 9.18. The lowest BCUT2D eigenvalue weighted by molar-refractivity contribution is 0.0527. The van der Waals surface area contributed by atoms with Crippen LogP contribution in [0.1, 0.15) is 48.2 Å². The number of aromatic nitrogens is 2. The second-order valence-electron chi connectivity index (χ2n) is 5.78. The summed E-state index contributed by atoms with van der Waals surface area (Å²) < 4.78 is 0. The van der Waals surface area contributed by atoms with E-state index in [1.807, 2.05) is 11.8 Å². The number of aromatic amines is 1. The van der Waals surface area contributed by atoms with Crippen LogP contribution in [0, 0.1) is 12.8 Å². The summed E-state index contributed by atoms with van der Waals surface area (Å²) >= 11 is 0. The van der Waals surface area contributed by atoms with E-state index in [1.54, 1.807) is 6.20 Å². The number of aliphatic hydroxyl groups is 1. The van der Waals surface area contributed by atoms with Crippen LogP contribution in [-0.2, 0) is 0 Å². The maximum absolute atomic E-state index is 12.6. The van der Waals surface area contributed by atoms with Gasteiger partial charge in [-0.3, -0.25) is 9.89 Å². The molecule has 0 spiro atoms. The number of rotatable bonds is 2. The number of nitrogens with one attached hydrogen (secondary N) is 1. The molecule has 3 atom stereocenters. The summed E-state index contributed by atoms with van der Waals surface area (Å²) in [5.41, 5.74) is 1.49. The standard InChI is InChI=1S/C14H21N3O2/c1-9-11(8-15-16-9)14(19)17-7-3-5-12(17)10-4-2-6-13(10)18/h8,10,12-13,18H,2-7H2,1H3,(H,15,16). The summed E-state index contributed by atoms with van der Waals surface area (Å²) in [5.74, 6) is 0.325. The minimum absolute atomic E-state index is 0.0628. The average Bonchev–Trinajstić information content (AvgIpc) is 3.07. The normalized spacial score (nSPS) is 31.1. The number of carbonyl (C=O) groups excluding carboxylic acids is 1. The van der Waals surface area contributed by atoms with Gasteiger partial charge in [0.2, 0.25) is 0 Å². The van der Waals surface area contributed by atoms with Crippen molar-refractivity contribution in [1.82, 2.24) is 15.1 Å². The monoisotopic (exact) mass is 263 g/mol. The molecule has 5 heteroatoms. The Kier molecular flexibility index (Phi) is 3.31. The third kappa shape index (κ3) is 2.16. The van der Waals surface area contributed by atoms with Crippen LogP contribution in [0.15, 0.2) is 6.20 Å². The summed E-state index contributed by atoms with van der Waals surface area (Å²) in [7, 11) is 0. The van der Waals surface area contributed by atoms with Crippen LogP contribution in [0.2, 0.25) is 0 Å². The van der Waals surface area contributed by atoms with E-state index in [4.69, 9.17) is 0 Å². The van der Waals surface area contributed by atoms with Crippen LogP contribution in [0.3, 0.4) is 0 Å². The largest absolute Gasteiger partial charge is 0.393 e. The van der Waals surface area contributed by atoms with E-state index in [0.29, 0.717) is 5.56 Å². The zero-order chi connectivity index (χ0) is 13.4. The highest BCUT2D eigenvalue weighted by atomic mass is 16.3. The Labute approximate surface area is 113 Å². The Morgan fingerprint density at radius 1 is 1.42 bits per heavy atom. The second kappa shape index (κ2) is 4.96. The van der Waals surface area contributed by atoms with E-state index in [-0.39, 0.29) is 24.0 Å². The Bertz CT molecular complexity index is 471. The van der Waals surface area contributed by atoms with Gasteiger partial charge in [-0.1, -0.05) is 6.42 Å². The average molecular weight is 263 g/mol. The zero-order valence-corrected chi connectivity index (χ0v) is 11.3. The first-order valence-electron chi connectivity index (χ1n) is 7.17. The molecule has 2 aliphatic rings. The van der Waals surface area contributed by atoms with E-state index in [0.717, 1.165) is 44.3 Å². The number of H-pyrrole nitrogens is 1. The van der Waals surface area contributed by atoms with Gasteiger partial charge < -0.3 is 10.0 Å². The molecule has 1 aromatic heterocycles. The number of aryl methyl sites for hydroxylation is 1. The lowest BCUT2D eigenvalue weighted by atomic mass is 9.93. The van der Waals surface area contributed by atoms with Crippen molar-refractivity contribution in [3.05, 3.63) is 17.5 Å². The van der Waals surface area contributed by atoms with Crippen molar-refractivity contribution < 1.29 is 9.90 Å². The maximum Gasteiger partial charge on any atom is 0.257 e. The number of amides is 1. The van der Waals surface area contributed by atoms with Gasteiger partial charge in [-0.25, -0.2) is 0 Å². The molecular formula is C14H21N3O2. The fraction of sp³-hybridized carbons (Fsp3) is 0.714. The third-order valence-electron chi connectivity index (χ3n) is 4.65. The van der Waals surface area contributed by atoms with Crippen molar-refractivity contribution in [3.8, 4) is 0 Å². The van der Waals surface area contributed by atoms with Crippen LogP contribution in [0.25, 0.3) is 0 Å². The molecule has 0 aromatic carbocycles. The van der Waals surface area contributed by atoms with Gasteiger partial charge in [-0.15, -0.1) is 0 Å². The molecule has 19 heavy (non-hydrogen) atoms. The SMILES string of the molecule is Cc1[nH]ncc1C(=O)N1CCCC1C1CCCC1O. The van der Waals surface area contributed by atoms with Crippen molar-refractivity contribution in [2.24, 2.45) is 5.92 Å². The van der Waals surface area contributed by atoms with Crippen molar-refractivity contribution in [1.29, 1.82) is 0 Å². The first kappa shape index (κ1) is 12.7. The molecule has 3 rings (SSSR count). The molecule has 104 valence electrons. The van der Waals surface area contributed by atoms with Crippen LogP contribution >= 0.6 is 0 Å². The quantitative estimate of drug-likeness (QED) is 0.849. The number of hydrogen-bond acceptors (Lipinski definition) is 3. The molecule has 1 aliphatic heterocycles. The highest BCUT2D eigenvalue weighted by molar-refractivity contribution is 5.95. The van der Waals surface area contributed by atoms with Gasteiger partial charge in [0.15, 0.2) is 0 Å². The third-order valence-corrected chi connectivity index (χ3v) is 4.65. The van der Waals surface area contributed by atoms with Gasteiger partial charge in [-0.2, -0.15) is 5.10 Å². The van der Waals surface area contributed by atoms with Gasteiger partial charge in [0, 0.05) is 24.2 Å². The minimum atomic E-state index is -0.233. The molecule has 0 radical (unpaired) electrons. The second-order valence-corrected chi connectivity index (χ2v) is 5.78. The number of aliphatic hydroxyl groups excluding tert-OH is 1. The lowest BCUT2D eigenvalue weighted by Crippen LogP contribution is -2.42. The molecule has 1 amide bonds. The van der Waals surface area contributed by atoms with Gasteiger partial charge >= 0.3 is 0 Å². The van der Waals surface area contributed by atoms with Crippen molar-refractivity contribution in [2.75, 3.05) is 6.54 Å². The number of nitrogens with zero attached hydrogens (tertiary/aromatic N) is 2. The van der Waals surface area contributed by atoms with Crippen LogP contribution in [0.5, 0.6) is 0 Å². The van der Waals surface area contributed by atoms with Crippen molar-refractivity contribution in [3.63, 3.8) is 0 Å². The highest BCUT2D eigenvalue weighted by Gasteiger charge is 2.40. The van der Waals surface area contributed by atoms with E-state index < -0.39 is 0 Å².